The molecule has 1 atom stereocenters. The second kappa shape index (κ2) is 4.72. The maximum atomic E-state index is 5.90. The Labute approximate surface area is 106 Å². The molecule has 1 fully saturated rings. The van der Waals surface area contributed by atoms with E-state index in [1.807, 2.05) is 0 Å². The van der Waals surface area contributed by atoms with E-state index in [1.165, 1.54) is 5.56 Å². The summed E-state index contributed by atoms with van der Waals surface area (Å²) >= 11 is 3.43. The normalized spacial score (nSPS) is 24.1. The van der Waals surface area contributed by atoms with Gasteiger partial charge in [0.05, 0.1) is 11.7 Å². The molecule has 0 saturated carbocycles. The number of rotatable bonds is 2. The highest BCUT2D eigenvalue weighted by Crippen LogP contribution is 2.30. The minimum atomic E-state index is 0.0503. The number of ether oxygens (including phenoxy) is 1. The van der Waals surface area contributed by atoms with Gasteiger partial charge in [-0.2, -0.15) is 0 Å². The first-order valence-corrected chi connectivity index (χ1v) is 6.46. The summed E-state index contributed by atoms with van der Waals surface area (Å²) in [7, 11) is 0. The fourth-order valence-corrected chi connectivity index (χ4v) is 2.21. The second-order valence-electron chi connectivity index (χ2n) is 4.87. The highest BCUT2D eigenvalue weighted by atomic mass is 79.9. The Balaban J connectivity index is 1.97. The number of benzene rings is 1. The summed E-state index contributed by atoms with van der Waals surface area (Å²) < 4.78 is 7.01. The molecule has 1 aromatic carbocycles. The minimum absolute atomic E-state index is 0.0503. The van der Waals surface area contributed by atoms with Crippen LogP contribution in [0.15, 0.2) is 34.8 Å². The molecule has 2 rings (SSSR count). The third-order valence-corrected chi connectivity index (χ3v) is 3.40. The highest BCUT2D eigenvalue weighted by molar-refractivity contribution is 9.10. The monoisotopic (exact) mass is 280 g/mol. The van der Waals surface area contributed by atoms with Crippen LogP contribution in [0.4, 0.5) is 0 Å². The van der Waals surface area contributed by atoms with E-state index in [-0.39, 0.29) is 11.7 Å². The van der Waals surface area contributed by atoms with Gasteiger partial charge in [-0.3, -0.25) is 0 Å². The Morgan fingerprint density at radius 1 is 1.31 bits per heavy atom. The van der Waals surface area contributed by atoms with E-state index >= 15 is 0 Å². The molecule has 1 nitrogen and oxygen atoms in total. The predicted octanol–water partition coefficient (Wildman–Crippen LogP) is 4.42. The van der Waals surface area contributed by atoms with Crippen LogP contribution in [0.2, 0.25) is 0 Å². The topological polar surface area (TPSA) is 9.23 Å². The van der Waals surface area contributed by atoms with Crippen molar-refractivity contribution in [3.05, 3.63) is 40.4 Å². The minimum Gasteiger partial charge on any atom is -0.368 e. The molecule has 86 valence electrons. The van der Waals surface area contributed by atoms with E-state index in [0.29, 0.717) is 0 Å². The van der Waals surface area contributed by atoms with Crippen LogP contribution in [-0.2, 0) is 4.74 Å². The molecular weight excluding hydrogens is 264 g/mol. The lowest BCUT2D eigenvalue weighted by molar-refractivity contribution is 0.00552. The van der Waals surface area contributed by atoms with Gasteiger partial charge in [-0.1, -0.05) is 40.2 Å². The van der Waals surface area contributed by atoms with Crippen LogP contribution in [0, 0.1) is 0 Å². The van der Waals surface area contributed by atoms with Crippen molar-refractivity contribution in [1.29, 1.82) is 0 Å². The Morgan fingerprint density at radius 3 is 2.56 bits per heavy atom. The zero-order valence-corrected chi connectivity index (χ0v) is 11.3. The van der Waals surface area contributed by atoms with E-state index in [2.05, 4.69) is 66.2 Å². The lowest BCUT2D eigenvalue weighted by Gasteiger charge is -2.17. The van der Waals surface area contributed by atoms with Crippen molar-refractivity contribution in [2.75, 3.05) is 0 Å². The molecular formula is C14H17BrO. The largest absolute Gasteiger partial charge is 0.368 e. The van der Waals surface area contributed by atoms with Gasteiger partial charge in [0.25, 0.3) is 0 Å². The van der Waals surface area contributed by atoms with E-state index < -0.39 is 0 Å². The highest BCUT2D eigenvalue weighted by Gasteiger charge is 2.29. The van der Waals surface area contributed by atoms with Crippen LogP contribution >= 0.6 is 15.9 Å². The number of hydrogen-bond donors (Lipinski definition) is 0. The van der Waals surface area contributed by atoms with Crippen LogP contribution in [0.5, 0.6) is 0 Å². The molecule has 2 heteroatoms. The summed E-state index contributed by atoms with van der Waals surface area (Å²) in [6, 6.07) is 8.31. The molecule has 1 aromatic rings. The second-order valence-corrected chi connectivity index (χ2v) is 5.78. The molecule has 1 heterocycles. The lowest BCUT2D eigenvalue weighted by Crippen LogP contribution is -2.18. The van der Waals surface area contributed by atoms with Gasteiger partial charge < -0.3 is 4.74 Å². The van der Waals surface area contributed by atoms with Crippen molar-refractivity contribution in [2.24, 2.45) is 0 Å². The quantitative estimate of drug-likeness (QED) is 0.779. The Hall–Kier alpha value is -0.600. The van der Waals surface area contributed by atoms with E-state index in [9.17, 15) is 0 Å². The Kier molecular flexibility index (Phi) is 3.50. The van der Waals surface area contributed by atoms with Crippen LogP contribution < -0.4 is 0 Å². The van der Waals surface area contributed by atoms with Crippen LogP contribution in [0.25, 0.3) is 6.08 Å². The smallest absolute Gasteiger partial charge is 0.0767 e. The van der Waals surface area contributed by atoms with Gasteiger partial charge in [-0.15, -0.1) is 0 Å². The molecule has 0 aliphatic carbocycles. The van der Waals surface area contributed by atoms with E-state index in [0.717, 1.165) is 17.3 Å². The summed E-state index contributed by atoms with van der Waals surface area (Å²) in [6.45, 7) is 4.31. The standard InChI is InChI=1S/C14H17BrO/c1-14(2)10-9-13(16-14)8-5-11-3-6-12(15)7-4-11/h3-8,13H,9-10H2,1-2H3/b8-5+. The SMILES string of the molecule is CC1(C)CCC(/C=C/c2ccc(Br)cc2)O1. The molecule has 1 aliphatic heterocycles. The summed E-state index contributed by atoms with van der Waals surface area (Å²) in [6.07, 6.45) is 6.84. The Bertz CT molecular complexity index is 378. The zero-order valence-electron chi connectivity index (χ0n) is 9.74. The summed E-state index contributed by atoms with van der Waals surface area (Å²) in [5.74, 6) is 0. The Morgan fingerprint density at radius 2 is 2.00 bits per heavy atom. The summed E-state index contributed by atoms with van der Waals surface area (Å²) in [5, 5.41) is 0. The molecule has 16 heavy (non-hydrogen) atoms. The van der Waals surface area contributed by atoms with Gasteiger partial charge in [0.15, 0.2) is 0 Å². The van der Waals surface area contributed by atoms with E-state index in [1.54, 1.807) is 0 Å². The average Bonchev–Trinajstić information content (AvgIpc) is 2.58. The number of hydrogen-bond acceptors (Lipinski definition) is 1. The summed E-state index contributed by atoms with van der Waals surface area (Å²) in [5.41, 5.74) is 1.27. The molecule has 0 amide bonds. The maximum absolute atomic E-state index is 5.90. The van der Waals surface area contributed by atoms with Crippen molar-refractivity contribution < 1.29 is 4.74 Å². The van der Waals surface area contributed by atoms with Crippen LogP contribution in [-0.4, -0.2) is 11.7 Å². The molecule has 1 unspecified atom stereocenters. The van der Waals surface area contributed by atoms with Crippen LogP contribution in [0.1, 0.15) is 32.3 Å². The van der Waals surface area contributed by atoms with Gasteiger partial charge in [-0.05, 0) is 44.4 Å². The first-order valence-electron chi connectivity index (χ1n) is 5.67. The zero-order chi connectivity index (χ0) is 11.6. The fraction of sp³-hybridized carbons (Fsp3) is 0.429. The van der Waals surface area contributed by atoms with Gasteiger partial charge in [0, 0.05) is 4.47 Å². The maximum Gasteiger partial charge on any atom is 0.0767 e. The average molecular weight is 281 g/mol. The molecule has 1 saturated heterocycles. The third kappa shape index (κ3) is 3.19. The molecule has 0 aromatic heterocycles. The lowest BCUT2D eigenvalue weighted by atomic mass is 10.1. The van der Waals surface area contributed by atoms with Gasteiger partial charge in [-0.25, -0.2) is 0 Å². The summed E-state index contributed by atoms with van der Waals surface area (Å²) in [4.78, 5) is 0. The third-order valence-electron chi connectivity index (χ3n) is 2.87. The molecule has 0 N–H and O–H groups in total. The van der Waals surface area contributed by atoms with Crippen molar-refractivity contribution in [3.63, 3.8) is 0 Å². The van der Waals surface area contributed by atoms with Gasteiger partial charge in [0.1, 0.15) is 0 Å². The van der Waals surface area contributed by atoms with Crippen LogP contribution in [0.3, 0.4) is 0 Å². The molecule has 0 radical (unpaired) electrons. The van der Waals surface area contributed by atoms with Gasteiger partial charge in [0.2, 0.25) is 0 Å². The number of halogens is 1. The van der Waals surface area contributed by atoms with Crippen molar-refractivity contribution >= 4 is 22.0 Å². The molecule has 0 bridgehead atoms. The van der Waals surface area contributed by atoms with Crippen molar-refractivity contribution in [3.8, 4) is 0 Å². The molecule has 1 aliphatic rings. The predicted molar refractivity (Wildman–Crippen MR) is 71.4 cm³/mol. The first-order chi connectivity index (χ1) is 7.55. The first kappa shape index (κ1) is 11.9. The van der Waals surface area contributed by atoms with Crippen molar-refractivity contribution in [1.82, 2.24) is 0 Å². The fourth-order valence-electron chi connectivity index (χ4n) is 1.95. The molecule has 0 spiro atoms. The van der Waals surface area contributed by atoms with Crippen molar-refractivity contribution in [2.45, 2.75) is 38.4 Å². The van der Waals surface area contributed by atoms with E-state index in [4.69, 9.17) is 4.74 Å². The van der Waals surface area contributed by atoms with Gasteiger partial charge >= 0.3 is 0 Å².